The van der Waals surface area contributed by atoms with Crippen molar-refractivity contribution in [1.29, 1.82) is 0 Å². The van der Waals surface area contributed by atoms with Gasteiger partial charge in [-0.15, -0.1) is 0 Å². The van der Waals surface area contributed by atoms with E-state index in [4.69, 9.17) is 11.6 Å². The molecule has 19 heavy (non-hydrogen) atoms. The van der Waals surface area contributed by atoms with Gasteiger partial charge in [0.25, 0.3) is 0 Å². The normalized spacial score (nSPS) is 26.3. The third-order valence-electron chi connectivity index (χ3n) is 3.14. The summed E-state index contributed by atoms with van der Waals surface area (Å²) in [6.45, 7) is 0. The molecule has 1 saturated carbocycles. The van der Waals surface area contributed by atoms with Crippen LogP contribution in [0.3, 0.4) is 0 Å². The minimum atomic E-state index is -3.63. The van der Waals surface area contributed by atoms with E-state index in [9.17, 15) is 12.6 Å². The van der Waals surface area contributed by atoms with Crippen molar-refractivity contribution in [3.63, 3.8) is 0 Å². The van der Waals surface area contributed by atoms with E-state index in [0.717, 1.165) is 12.8 Å². The van der Waals surface area contributed by atoms with Gasteiger partial charge in [0.2, 0.25) is 10.0 Å². The lowest BCUT2D eigenvalue weighted by Gasteiger charge is -2.27. The van der Waals surface area contributed by atoms with Crippen LogP contribution in [0.2, 0.25) is 5.02 Å². The van der Waals surface area contributed by atoms with Gasteiger partial charge in [-0.25, -0.2) is 8.42 Å². The molecule has 104 valence electrons. The predicted molar refractivity (Wildman–Crippen MR) is 74.9 cm³/mol. The molecule has 0 aromatic heterocycles. The number of nitrogens with one attached hydrogen (secondary N) is 2. The molecule has 2 unspecified atom stereocenters. The summed E-state index contributed by atoms with van der Waals surface area (Å²) >= 11 is 5.86. The highest BCUT2D eigenvalue weighted by Gasteiger charge is 2.34. The Bertz CT molecular complexity index is 643. The van der Waals surface area contributed by atoms with Crippen LogP contribution in [-0.4, -0.2) is 23.9 Å². The van der Waals surface area contributed by atoms with Crippen molar-refractivity contribution < 1.29 is 12.6 Å². The molecule has 1 aliphatic heterocycles. The van der Waals surface area contributed by atoms with Crippen LogP contribution in [0.15, 0.2) is 23.1 Å². The van der Waals surface area contributed by atoms with E-state index >= 15 is 0 Å². The summed E-state index contributed by atoms with van der Waals surface area (Å²) in [5.41, 5.74) is -0.378. The Labute approximate surface area is 119 Å². The van der Waals surface area contributed by atoms with Crippen molar-refractivity contribution >= 4 is 38.1 Å². The van der Waals surface area contributed by atoms with Crippen LogP contribution < -0.4 is 10.0 Å². The molecule has 5 nitrogen and oxygen atoms in total. The summed E-state index contributed by atoms with van der Waals surface area (Å²) in [7, 11) is -4.91. The van der Waals surface area contributed by atoms with Gasteiger partial charge in [0.05, 0.1) is 16.5 Å². The lowest BCUT2D eigenvalue weighted by Crippen LogP contribution is -2.48. The first kappa shape index (κ1) is 13.4. The molecule has 1 fully saturated rings. The highest BCUT2D eigenvalue weighted by atomic mass is 35.5. The Hall–Kier alpha value is -0.630. The van der Waals surface area contributed by atoms with E-state index in [1.165, 1.54) is 18.2 Å². The highest BCUT2D eigenvalue weighted by molar-refractivity contribution is 7.92. The largest absolute Gasteiger partial charge is 0.357 e. The molecule has 0 radical (unpaired) electrons. The Kier molecular flexibility index (Phi) is 3.33. The van der Waals surface area contributed by atoms with E-state index in [0.29, 0.717) is 22.4 Å². The lowest BCUT2D eigenvalue weighted by molar-refractivity contribution is 0.575. The third kappa shape index (κ3) is 2.79. The van der Waals surface area contributed by atoms with Gasteiger partial charge in [-0.3, -0.25) is 4.21 Å². The Morgan fingerprint density at radius 2 is 2.11 bits per heavy atom. The van der Waals surface area contributed by atoms with E-state index < -0.39 is 26.3 Å². The molecule has 2 N–H and O–H groups in total. The van der Waals surface area contributed by atoms with Crippen molar-refractivity contribution in [2.45, 2.75) is 23.2 Å². The first-order valence-electron chi connectivity index (χ1n) is 5.91. The van der Waals surface area contributed by atoms with Gasteiger partial charge in [0.1, 0.15) is 4.90 Å². The number of hydrogen-bond donors (Lipinski definition) is 2. The number of fused-ring (bicyclic) bond motifs is 1. The fourth-order valence-electron chi connectivity index (χ4n) is 1.96. The highest BCUT2D eigenvalue weighted by Crippen LogP contribution is 2.32. The van der Waals surface area contributed by atoms with E-state index in [1.807, 2.05) is 0 Å². The zero-order chi connectivity index (χ0) is 13.6. The molecule has 1 heterocycles. The fraction of sp³-hybridized carbons (Fsp3) is 0.455. The van der Waals surface area contributed by atoms with Crippen LogP contribution >= 0.6 is 11.6 Å². The van der Waals surface area contributed by atoms with Crippen LogP contribution in [0, 0.1) is 5.92 Å². The summed E-state index contributed by atoms with van der Waals surface area (Å²) in [5, 5.41) is 3.39. The van der Waals surface area contributed by atoms with Crippen LogP contribution in [0.1, 0.15) is 12.8 Å². The molecule has 8 heteroatoms. The third-order valence-corrected chi connectivity index (χ3v) is 6.57. The van der Waals surface area contributed by atoms with Gasteiger partial charge in [-0.2, -0.15) is 4.72 Å². The molecule has 3 rings (SSSR count). The lowest BCUT2D eigenvalue weighted by atomic mass is 10.3. The zero-order valence-electron chi connectivity index (χ0n) is 9.93. The zero-order valence-corrected chi connectivity index (χ0v) is 12.3. The minimum absolute atomic E-state index is 0.136. The SMILES string of the molecule is O=S(CC1CC1)C1Nc2cc(Cl)ccc2S(=O)(=O)N1. The average Bonchev–Trinajstić information content (AvgIpc) is 3.11. The molecule has 0 spiro atoms. The van der Waals surface area contributed by atoms with Crippen LogP contribution in [0.25, 0.3) is 0 Å². The number of anilines is 1. The van der Waals surface area contributed by atoms with E-state index in [-0.39, 0.29) is 4.90 Å². The van der Waals surface area contributed by atoms with Gasteiger partial charge < -0.3 is 5.32 Å². The van der Waals surface area contributed by atoms with E-state index in [2.05, 4.69) is 10.0 Å². The Morgan fingerprint density at radius 3 is 2.79 bits per heavy atom. The number of halogens is 1. The van der Waals surface area contributed by atoms with Gasteiger partial charge in [0, 0.05) is 10.8 Å². The first-order valence-corrected chi connectivity index (χ1v) is 9.15. The van der Waals surface area contributed by atoms with Crippen molar-refractivity contribution in [3.8, 4) is 0 Å². The van der Waals surface area contributed by atoms with Gasteiger partial charge in [0.15, 0.2) is 5.50 Å². The first-order chi connectivity index (χ1) is 8.95. The fourth-order valence-corrected chi connectivity index (χ4v) is 5.31. The van der Waals surface area contributed by atoms with Gasteiger partial charge in [-0.1, -0.05) is 11.6 Å². The molecule has 2 atom stereocenters. The number of sulfonamides is 1. The molecule has 1 aliphatic carbocycles. The number of rotatable bonds is 3. The second-order valence-corrected chi connectivity index (χ2v) is 8.46. The van der Waals surface area contributed by atoms with Gasteiger partial charge in [-0.05, 0) is 37.0 Å². The number of hydrogen-bond acceptors (Lipinski definition) is 4. The van der Waals surface area contributed by atoms with Crippen molar-refractivity contribution in [2.24, 2.45) is 5.92 Å². The maximum atomic E-state index is 12.1. The molecular formula is C11H13ClN2O3S2. The van der Waals surface area contributed by atoms with Crippen LogP contribution in [0.5, 0.6) is 0 Å². The number of benzene rings is 1. The molecule has 0 saturated heterocycles. The topological polar surface area (TPSA) is 75.3 Å². The Morgan fingerprint density at radius 1 is 1.37 bits per heavy atom. The summed E-state index contributed by atoms with van der Waals surface area (Å²) in [6.07, 6.45) is 2.15. The molecule has 2 aliphatic rings. The second kappa shape index (κ2) is 4.73. The summed E-state index contributed by atoms with van der Waals surface area (Å²) in [5.74, 6) is 0.990. The Balaban J connectivity index is 1.90. The van der Waals surface area contributed by atoms with Crippen LogP contribution in [0.4, 0.5) is 5.69 Å². The monoisotopic (exact) mass is 320 g/mol. The molecule has 1 aromatic rings. The molecule has 1 aromatic carbocycles. The maximum Gasteiger partial charge on any atom is 0.245 e. The summed E-state index contributed by atoms with van der Waals surface area (Å²) < 4.78 is 38.7. The van der Waals surface area contributed by atoms with Gasteiger partial charge >= 0.3 is 0 Å². The predicted octanol–water partition coefficient (Wildman–Crippen LogP) is 1.49. The second-order valence-electron chi connectivity index (χ2n) is 4.78. The molecular weight excluding hydrogens is 308 g/mol. The summed E-state index contributed by atoms with van der Waals surface area (Å²) in [6, 6.07) is 4.49. The quantitative estimate of drug-likeness (QED) is 0.884. The minimum Gasteiger partial charge on any atom is -0.357 e. The smallest absolute Gasteiger partial charge is 0.245 e. The van der Waals surface area contributed by atoms with Crippen molar-refractivity contribution in [1.82, 2.24) is 4.72 Å². The molecule has 0 amide bonds. The van der Waals surface area contributed by atoms with Crippen molar-refractivity contribution in [3.05, 3.63) is 23.2 Å². The molecule has 0 bridgehead atoms. The summed E-state index contributed by atoms with van der Waals surface area (Å²) in [4.78, 5) is 0.136. The standard InChI is InChI=1S/C11H13ClN2O3S2/c12-8-3-4-10-9(5-8)13-11(14-19(10,16)17)18(15)6-7-1-2-7/h3-5,7,11,13-14H,1-2,6H2. The average molecular weight is 321 g/mol. The van der Waals surface area contributed by atoms with E-state index in [1.54, 1.807) is 0 Å². The maximum absolute atomic E-state index is 12.1. The van der Waals surface area contributed by atoms with Crippen LogP contribution in [-0.2, 0) is 20.8 Å². The van der Waals surface area contributed by atoms with Crippen molar-refractivity contribution in [2.75, 3.05) is 11.1 Å².